The van der Waals surface area contributed by atoms with Crippen LogP contribution in [0.15, 0.2) is 54.6 Å². The first-order valence-electron chi connectivity index (χ1n) is 10.8. The van der Waals surface area contributed by atoms with Gasteiger partial charge in [-0.15, -0.1) is 10.2 Å². The molecule has 2 aliphatic heterocycles. The van der Waals surface area contributed by atoms with Gasteiger partial charge in [0.2, 0.25) is 5.13 Å². The highest BCUT2D eigenvalue weighted by Gasteiger charge is 2.44. The van der Waals surface area contributed by atoms with Crippen molar-refractivity contribution in [2.75, 3.05) is 11.9 Å². The minimum Gasteiger partial charge on any atom is -0.341 e. The number of rotatable bonds is 5. The molecule has 2 atom stereocenters. The van der Waals surface area contributed by atoms with Gasteiger partial charge in [-0.25, -0.2) is 4.39 Å². The van der Waals surface area contributed by atoms with Gasteiger partial charge in [0.15, 0.2) is 0 Å². The molecule has 2 aromatic carbocycles. The standard InChI is InChI=1S/C24H25FN4OS/c1-28(23(30)16-7-3-2-4-8-16)20-14-18-11-12-19(15-20)29(18)24-27-26-22(31-24)13-17-9-5-6-10-21(17)25/h2-10,18-20H,11-15H2,1H3. The summed E-state index contributed by atoms with van der Waals surface area (Å²) in [5.74, 6) is -0.118. The molecule has 0 N–H and O–H groups in total. The molecule has 2 fully saturated rings. The number of carbonyl (C=O) groups excluding carboxylic acids is 1. The number of hydrogen-bond acceptors (Lipinski definition) is 5. The maximum Gasteiger partial charge on any atom is 0.253 e. The first-order valence-corrected chi connectivity index (χ1v) is 11.6. The van der Waals surface area contributed by atoms with Crippen LogP contribution in [-0.4, -0.2) is 46.2 Å². The Bertz CT molecular complexity index is 1060. The van der Waals surface area contributed by atoms with Crippen LogP contribution in [0.1, 0.15) is 46.6 Å². The van der Waals surface area contributed by atoms with Crippen LogP contribution in [0.4, 0.5) is 9.52 Å². The van der Waals surface area contributed by atoms with Crippen molar-refractivity contribution in [1.29, 1.82) is 0 Å². The zero-order chi connectivity index (χ0) is 21.4. The Balaban J connectivity index is 1.28. The normalized spacial score (nSPS) is 22.5. The number of hydrogen-bond donors (Lipinski definition) is 0. The van der Waals surface area contributed by atoms with Crippen LogP contribution in [0.25, 0.3) is 0 Å². The Labute approximate surface area is 185 Å². The van der Waals surface area contributed by atoms with Crippen molar-refractivity contribution in [1.82, 2.24) is 15.1 Å². The van der Waals surface area contributed by atoms with Crippen LogP contribution in [0, 0.1) is 5.82 Å². The molecule has 2 aliphatic rings. The summed E-state index contributed by atoms with van der Waals surface area (Å²) in [5, 5.41) is 10.5. The summed E-state index contributed by atoms with van der Waals surface area (Å²) in [7, 11) is 1.92. The van der Waals surface area contributed by atoms with Gasteiger partial charge in [-0.05, 0) is 49.4 Å². The topological polar surface area (TPSA) is 49.3 Å². The monoisotopic (exact) mass is 436 g/mol. The third-order valence-corrected chi connectivity index (χ3v) is 7.51. The zero-order valence-electron chi connectivity index (χ0n) is 17.4. The van der Waals surface area contributed by atoms with Gasteiger partial charge in [0, 0.05) is 37.2 Å². The van der Waals surface area contributed by atoms with Crippen molar-refractivity contribution < 1.29 is 9.18 Å². The van der Waals surface area contributed by atoms with Crippen LogP contribution < -0.4 is 4.90 Å². The van der Waals surface area contributed by atoms with E-state index in [2.05, 4.69) is 15.1 Å². The number of halogens is 1. The molecule has 2 bridgehead atoms. The average molecular weight is 437 g/mol. The van der Waals surface area contributed by atoms with Gasteiger partial charge in [-0.1, -0.05) is 47.7 Å². The fraction of sp³-hybridized carbons (Fsp3) is 0.375. The Hall–Kier alpha value is -2.80. The van der Waals surface area contributed by atoms with Gasteiger partial charge in [0.25, 0.3) is 5.91 Å². The molecule has 3 heterocycles. The molecule has 0 spiro atoms. The molecule has 2 saturated heterocycles. The number of nitrogens with zero attached hydrogens (tertiary/aromatic N) is 4. The smallest absolute Gasteiger partial charge is 0.253 e. The van der Waals surface area contributed by atoms with E-state index in [-0.39, 0.29) is 17.8 Å². The third-order valence-electron chi connectivity index (χ3n) is 6.57. The Morgan fingerprint density at radius 3 is 2.45 bits per heavy atom. The highest BCUT2D eigenvalue weighted by atomic mass is 32.1. The number of aromatic nitrogens is 2. The van der Waals surface area contributed by atoms with E-state index in [4.69, 9.17) is 0 Å². The highest BCUT2D eigenvalue weighted by molar-refractivity contribution is 7.15. The lowest BCUT2D eigenvalue weighted by Crippen LogP contribution is -2.51. The summed E-state index contributed by atoms with van der Waals surface area (Å²) in [6.45, 7) is 0. The van der Waals surface area contributed by atoms with E-state index < -0.39 is 0 Å². The van der Waals surface area contributed by atoms with Crippen LogP contribution >= 0.6 is 11.3 Å². The first-order chi connectivity index (χ1) is 15.1. The zero-order valence-corrected chi connectivity index (χ0v) is 18.3. The lowest BCUT2D eigenvalue weighted by molar-refractivity contribution is 0.0693. The molecular formula is C24H25FN4OS. The molecule has 3 aromatic rings. The van der Waals surface area contributed by atoms with Crippen LogP contribution in [0.3, 0.4) is 0 Å². The first kappa shape index (κ1) is 20.1. The molecule has 0 aliphatic carbocycles. The second kappa shape index (κ2) is 8.38. The van der Waals surface area contributed by atoms with Crippen LogP contribution in [0.5, 0.6) is 0 Å². The maximum absolute atomic E-state index is 14.0. The number of piperidine rings is 1. The summed E-state index contributed by atoms with van der Waals surface area (Å²) in [6, 6.07) is 17.3. The van der Waals surface area contributed by atoms with Gasteiger partial charge < -0.3 is 9.80 Å². The number of fused-ring (bicyclic) bond motifs is 2. The summed E-state index contributed by atoms with van der Waals surface area (Å²) < 4.78 is 14.0. The molecule has 31 heavy (non-hydrogen) atoms. The number of anilines is 1. The summed E-state index contributed by atoms with van der Waals surface area (Å²) in [6.07, 6.45) is 4.56. The molecule has 5 rings (SSSR count). The summed E-state index contributed by atoms with van der Waals surface area (Å²) in [5.41, 5.74) is 1.38. The van der Waals surface area contributed by atoms with Gasteiger partial charge in [-0.3, -0.25) is 4.79 Å². The van der Waals surface area contributed by atoms with Crippen molar-refractivity contribution in [3.63, 3.8) is 0 Å². The van der Waals surface area contributed by atoms with E-state index in [1.54, 1.807) is 23.5 Å². The highest BCUT2D eigenvalue weighted by Crippen LogP contribution is 2.42. The molecule has 1 amide bonds. The third kappa shape index (κ3) is 3.94. The van der Waals surface area contributed by atoms with Crippen molar-refractivity contribution in [2.24, 2.45) is 0 Å². The van der Waals surface area contributed by atoms with E-state index >= 15 is 0 Å². The van der Waals surface area contributed by atoms with Gasteiger partial charge >= 0.3 is 0 Å². The molecule has 5 nitrogen and oxygen atoms in total. The van der Waals surface area contributed by atoms with Gasteiger partial charge in [0.05, 0.1) is 0 Å². The lowest BCUT2D eigenvalue weighted by atomic mass is 9.96. The summed E-state index contributed by atoms with van der Waals surface area (Å²) >= 11 is 1.56. The predicted octanol–water partition coefficient (Wildman–Crippen LogP) is 4.54. The quantitative estimate of drug-likeness (QED) is 0.589. The fourth-order valence-corrected chi connectivity index (χ4v) is 5.96. The van der Waals surface area contributed by atoms with Crippen LogP contribution in [0.2, 0.25) is 0 Å². The van der Waals surface area contributed by atoms with Crippen molar-refractivity contribution in [3.05, 3.63) is 76.5 Å². The Morgan fingerprint density at radius 1 is 1.06 bits per heavy atom. The SMILES string of the molecule is CN(C(=O)c1ccccc1)C1CC2CCC(C1)N2c1nnc(Cc2ccccc2F)s1. The minimum atomic E-state index is -0.203. The number of amides is 1. The molecule has 160 valence electrons. The second-order valence-electron chi connectivity index (χ2n) is 8.45. The van der Waals surface area contributed by atoms with E-state index in [0.717, 1.165) is 41.4 Å². The van der Waals surface area contributed by atoms with E-state index in [0.29, 0.717) is 24.1 Å². The predicted molar refractivity (Wildman–Crippen MR) is 120 cm³/mol. The minimum absolute atomic E-state index is 0.0848. The van der Waals surface area contributed by atoms with E-state index in [1.807, 2.05) is 48.3 Å². The number of carbonyl (C=O) groups is 1. The Morgan fingerprint density at radius 2 is 1.74 bits per heavy atom. The lowest BCUT2D eigenvalue weighted by Gasteiger charge is -2.42. The second-order valence-corrected chi connectivity index (χ2v) is 9.49. The van der Waals surface area contributed by atoms with Crippen molar-refractivity contribution in [2.45, 2.75) is 50.2 Å². The average Bonchev–Trinajstić information content (AvgIpc) is 3.35. The fourth-order valence-electron chi connectivity index (χ4n) is 4.95. The Kier molecular flexibility index (Phi) is 5.44. The number of benzene rings is 2. The summed E-state index contributed by atoms with van der Waals surface area (Å²) in [4.78, 5) is 17.2. The molecule has 2 unspecified atom stereocenters. The van der Waals surface area contributed by atoms with Gasteiger partial charge in [0.1, 0.15) is 10.8 Å². The van der Waals surface area contributed by atoms with Crippen molar-refractivity contribution >= 4 is 22.4 Å². The largest absolute Gasteiger partial charge is 0.341 e. The van der Waals surface area contributed by atoms with E-state index in [9.17, 15) is 9.18 Å². The van der Waals surface area contributed by atoms with E-state index in [1.165, 1.54) is 6.07 Å². The molecule has 1 aromatic heterocycles. The molecule has 0 saturated carbocycles. The molecule has 7 heteroatoms. The van der Waals surface area contributed by atoms with Gasteiger partial charge in [-0.2, -0.15) is 0 Å². The van der Waals surface area contributed by atoms with Crippen molar-refractivity contribution in [3.8, 4) is 0 Å². The molecular weight excluding hydrogens is 411 g/mol. The molecule has 0 radical (unpaired) electrons. The maximum atomic E-state index is 14.0. The van der Waals surface area contributed by atoms with Crippen LogP contribution in [-0.2, 0) is 6.42 Å².